The van der Waals surface area contributed by atoms with E-state index < -0.39 is 54.5 Å². The molecule has 27 heavy (non-hydrogen) atoms. The van der Waals surface area contributed by atoms with Crippen molar-refractivity contribution in [1.29, 1.82) is 0 Å². The predicted octanol–water partition coefficient (Wildman–Crippen LogP) is 3.79. The van der Waals surface area contributed by atoms with Gasteiger partial charge in [0.25, 0.3) is 0 Å². The number of esters is 1. The molecule has 5 nitrogen and oxygen atoms in total. The lowest BCUT2D eigenvalue weighted by molar-refractivity contribution is -0.504. The van der Waals surface area contributed by atoms with Crippen molar-refractivity contribution in [1.82, 2.24) is 0 Å². The second kappa shape index (κ2) is 7.11. The molecule has 1 aliphatic carbocycles. The van der Waals surface area contributed by atoms with E-state index in [1.807, 2.05) is 6.92 Å². The summed E-state index contributed by atoms with van der Waals surface area (Å²) in [6.45, 7) is 4.19. The van der Waals surface area contributed by atoms with Crippen molar-refractivity contribution in [2.24, 2.45) is 11.3 Å². The molecule has 2 aliphatic rings. The highest BCUT2D eigenvalue weighted by Crippen LogP contribution is 2.56. The second-order valence-electron chi connectivity index (χ2n) is 7.90. The van der Waals surface area contributed by atoms with Gasteiger partial charge in [-0.25, -0.2) is 0 Å². The molecular weight excluding hydrogens is 379 g/mol. The van der Waals surface area contributed by atoms with Gasteiger partial charge in [0.2, 0.25) is 0 Å². The van der Waals surface area contributed by atoms with Crippen LogP contribution in [0.4, 0.5) is 22.0 Å². The average molecular weight is 404 g/mol. The molecule has 1 heterocycles. The van der Waals surface area contributed by atoms with Crippen molar-refractivity contribution in [3.8, 4) is 0 Å². The maximum atomic E-state index is 14.6. The lowest BCUT2D eigenvalue weighted by atomic mass is 9.72. The third-order valence-corrected chi connectivity index (χ3v) is 5.78. The monoisotopic (exact) mass is 404 g/mol. The largest absolute Gasteiger partial charge is 0.465 e. The van der Waals surface area contributed by atoms with Crippen LogP contribution in [0.15, 0.2) is 0 Å². The summed E-state index contributed by atoms with van der Waals surface area (Å²) in [5.74, 6) is -9.96. The molecule has 1 atom stereocenters. The van der Waals surface area contributed by atoms with Crippen molar-refractivity contribution >= 4 is 5.97 Å². The molecule has 1 saturated heterocycles. The summed E-state index contributed by atoms with van der Waals surface area (Å²) in [6.07, 6.45) is -5.80. The highest BCUT2D eigenvalue weighted by molar-refractivity contribution is 5.75. The Labute approximate surface area is 154 Å². The molecule has 0 bridgehead atoms. The molecule has 0 radical (unpaired) electrons. The van der Waals surface area contributed by atoms with Crippen LogP contribution in [0.5, 0.6) is 0 Å². The van der Waals surface area contributed by atoms with E-state index in [1.165, 1.54) is 0 Å². The zero-order chi connectivity index (χ0) is 20.7. The lowest BCUT2D eigenvalue weighted by Gasteiger charge is -2.53. The summed E-state index contributed by atoms with van der Waals surface area (Å²) in [5.41, 5.74) is -3.14. The first-order valence-corrected chi connectivity index (χ1v) is 8.84. The normalized spacial score (nSPS) is 34.5. The van der Waals surface area contributed by atoms with Crippen molar-refractivity contribution in [3.63, 3.8) is 0 Å². The third kappa shape index (κ3) is 3.67. The number of carbonyl (C=O) groups excluding carboxylic acids is 1. The topological polar surface area (TPSA) is 65.0 Å². The highest BCUT2D eigenvalue weighted by atomic mass is 19.4. The Morgan fingerprint density at radius 1 is 1.19 bits per heavy atom. The van der Waals surface area contributed by atoms with Gasteiger partial charge in [-0.1, -0.05) is 6.92 Å². The number of alkyl halides is 5. The van der Waals surface area contributed by atoms with Crippen molar-refractivity contribution in [2.75, 3.05) is 13.4 Å². The van der Waals surface area contributed by atoms with E-state index in [4.69, 9.17) is 9.47 Å². The number of ether oxygens (including phenoxy) is 3. The van der Waals surface area contributed by atoms with Gasteiger partial charge in [0.15, 0.2) is 6.79 Å². The maximum absolute atomic E-state index is 14.6. The van der Waals surface area contributed by atoms with E-state index in [2.05, 4.69) is 4.74 Å². The van der Waals surface area contributed by atoms with Crippen LogP contribution in [-0.2, 0) is 19.0 Å². The fraction of sp³-hybridized carbons (Fsp3) is 0.941. The standard InChI is InChI=1S/C17H25F5O5/c1-4-13(2,3)12(23)25-9-11-5-7-14(8-6-11)15(18,19)16(24,17(20,21)22)27-10-26-14/h11,24H,4-10H2,1-3H3. The van der Waals surface area contributed by atoms with Gasteiger partial charge in [0.1, 0.15) is 5.60 Å². The second-order valence-corrected chi connectivity index (χ2v) is 7.90. The number of halogens is 5. The van der Waals surface area contributed by atoms with Crippen LogP contribution >= 0.6 is 0 Å². The Balaban J connectivity index is 2.04. The summed E-state index contributed by atoms with van der Waals surface area (Å²) in [7, 11) is 0. The fourth-order valence-corrected chi connectivity index (χ4v) is 3.28. The number of hydrogen-bond acceptors (Lipinski definition) is 5. The van der Waals surface area contributed by atoms with Gasteiger partial charge in [-0.15, -0.1) is 0 Å². The predicted molar refractivity (Wildman–Crippen MR) is 82.7 cm³/mol. The van der Waals surface area contributed by atoms with Crippen molar-refractivity contribution < 1.29 is 46.1 Å². The number of aliphatic hydroxyl groups is 1. The first-order valence-electron chi connectivity index (χ1n) is 8.84. The van der Waals surface area contributed by atoms with Crippen LogP contribution in [0.25, 0.3) is 0 Å². The summed E-state index contributed by atoms with van der Waals surface area (Å²) >= 11 is 0. The van der Waals surface area contributed by atoms with Crippen LogP contribution in [0.2, 0.25) is 0 Å². The summed E-state index contributed by atoms with van der Waals surface area (Å²) < 4.78 is 82.4. The number of rotatable bonds is 4. The molecule has 2 rings (SSSR count). The Morgan fingerprint density at radius 3 is 2.22 bits per heavy atom. The Morgan fingerprint density at radius 2 is 1.74 bits per heavy atom. The molecule has 1 spiro atoms. The molecular formula is C17H25F5O5. The van der Waals surface area contributed by atoms with Crippen LogP contribution < -0.4 is 0 Å². The van der Waals surface area contributed by atoms with E-state index in [9.17, 15) is 31.9 Å². The van der Waals surface area contributed by atoms with Gasteiger partial charge in [-0.05, 0) is 51.9 Å². The van der Waals surface area contributed by atoms with Gasteiger partial charge in [-0.3, -0.25) is 4.79 Å². The van der Waals surface area contributed by atoms with E-state index in [-0.39, 0.29) is 25.4 Å². The number of hydrogen-bond donors (Lipinski definition) is 1. The molecule has 0 aromatic heterocycles. The first kappa shape index (κ1) is 22.3. The van der Waals surface area contributed by atoms with Crippen molar-refractivity contribution in [2.45, 2.75) is 76.4 Å². The Bertz CT molecular complexity index is 554. The molecule has 1 unspecified atom stereocenters. The van der Waals surface area contributed by atoms with Crippen LogP contribution in [0, 0.1) is 11.3 Å². The first-order chi connectivity index (χ1) is 12.2. The summed E-state index contributed by atoms with van der Waals surface area (Å²) in [4.78, 5) is 12.0. The van der Waals surface area contributed by atoms with Gasteiger partial charge >= 0.3 is 23.9 Å². The molecule has 2 fully saturated rings. The zero-order valence-corrected chi connectivity index (χ0v) is 15.5. The van der Waals surface area contributed by atoms with Crippen LogP contribution in [0.3, 0.4) is 0 Å². The molecule has 158 valence electrons. The molecule has 1 saturated carbocycles. The van der Waals surface area contributed by atoms with Gasteiger partial charge < -0.3 is 19.3 Å². The molecule has 10 heteroatoms. The highest BCUT2D eigenvalue weighted by Gasteiger charge is 2.80. The Hall–Kier alpha value is -1.00. The average Bonchev–Trinajstić information content (AvgIpc) is 2.58. The molecule has 1 aliphatic heterocycles. The van der Waals surface area contributed by atoms with E-state index >= 15 is 0 Å². The van der Waals surface area contributed by atoms with Crippen LogP contribution in [0.1, 0.15) is 52.9 Å². The Kier molecular flexibility index (Phi) is 5.87. The molecule has 1 N–H and O–H groups in total. The maximum Gasteiger partial charge on any atom is 0.449 e. The van der Waals surface area contributed by atoms with E-state index in [0.717, 1.165) is 0 Å². The van der Waals surface area contributed by atoms with Gasteiger partial charge in [0, 0.05) is 0 Å². The molecule has 0 aromatic carbocycles. The van der Waals surface area contributed by atoms with Gasteiger partial charge in [0.05, 0.1) is 12.0 Å². The summed E-state index contributed by atoms with van der Waals surface area (Å²) in [5, 5.41) is 9.57. The minimum atomic E-state index is -5.68. The fourth-order valence-electron chi connectivity index (χ4n) is 3.28. The van der Waals surface area contributed by atoms with E-state index in [1.54, 1.807) is 13.8 Å². The molecule has 0 amide bonds. The smallest absolute Gasteiger partial charge is 0.449 e. The minimum absolute atomic E-state index is 0.00392. The van der Waals surface area contributed by atoms with E-state index in [0.29, 0.717) is 6.42 Å². The van der Waals surface area contributed by atoms with Gasteiger partial charge in [-0.2, -0.15) is 22.0 Å². The third-order valence-electron chi connectivity index (χ3n) is 5.78. The van der Waals surface area contributed by atoms with Crippen molar-refractivity contribution in [3.05, 3.63) is 0 Å². The summed E-state index contributed by atoms with van der Waals surface area (Å²) in [6, 6.07) is 0. The minimum Gasteiger partial charge on any atom is -0.465 e. The zero-order valence-electron chi connectivity index (χ0n) is 15.5. The number of carbonyl (C=O) groups is 1. The lowest BCUT2D eigenvalue weighted by Crippen LogP contribution is -2.74. The van der Waals surface area contributed by atoms with Crippen LogP contribution in [-0.4, -0.2) is 48.0 Å². The quantitative estimate of drug-likeness (QED) is 0.571. The SMILES string of the molecule is CCC(C)(C)C(=O)OCC1CCC2(CC1)OCOC(O)(C(F)(F)F)C2(F)F. The molecule has 0 aromatic rings.